The largest absolute Gasteiger partial charge is 0.489 e. The maximum Gasteiger partial charge on any atom is 0.120 e. The highest BCUT2D eigenvalue weighted by atomic mass is 16.5. The van der Waals surface area contributed by atoms with E-state index in [1.807, 2.05) is 30.3 Å². The van der Waals surface area contributed by atoms with Gasteiger partial charge in [0.05, 0.1) is 11.6 Å². The summed E-state index contributed by atoms with van der Waals surface area (Å²) >= 11 is 0. The maximum atomic E-state index is 9.00. The molecule has 1 aliphatic rings. The molecule has 2 aromatic carbocycles. The van der Waals surface area contributed by atoms with Gasteiger partial charge in [-0.2, -0.15) is 5.26 Å². The Bertz CT molecular complexity index is 793. The first-order valence-electron chi connectivity index (χ1n) is 10.6. The molecular formula is C24H32N4O. The van der Waals surface area contributed by atoms with Gasteiger partial charge in [-0.05, 0) is 61.4 Å². The molecule has 0 spiro atoms. The number of ether oxygens (including phenoxy) is 1. The van der Waals surface area contributed by atoms with Crippen LogP contribution in [0.3, 0.4) is 0 Å². The molecular weight excluding hydrogens is 360 g/mol. The van der Waals surface area contributed by atoms with Gasteiger partial charge in [0.25, 0.3) is 0 Å². The van der Waals surface area contributed by atoms with E-state index in [9.17, 15) is 0 Å². The average molecular weight is 393 g/mol. The van der Waals surface area contributed by atoms with Crippen LogP contribution in [-0.4, -0.2) is 55.6 Å². The molecule has 1 fully saturated rings. The van der Waals surface area contributed by atoms with Crippen molar-refractivity contribution in [2.75, 3.05) is 45.8 Å². The lowest BCUT2D eigenvalue weighted by Gasteiger charge is -2.34. The first-order valence-corrected chi connectivity index (χ1v) is 10.6. The molecule has 1 saturated heterocycles. The molecule has 0 aliphatic carbocycles. The smallest absolute Gasteiger partial charge is 0.120 e. The molecule has 3 rings (SSSR count). The molecule has 0 aromatic heterocycles. The molecule has 1 aliphatic heterocycles. The Balaban J connectivity index is 1.35. The van der Waals surface area contributed by atoms with E-state index in [2.05, 4.69) is 40.2 Å². The van der Waals surface area contributed by atoms with Crippen LogP contribution in [-0.2, 0) is 13.2 Å². The molecule has 0 radical (unpaired) electrons. The van der Waals surface area contributed by atoms with Gasteiger partial charge in [-0.25, -0.2) is 0 Å². The topological polar surface area (TPSA) is 51.5 Å². The molecule has 5 heteroatoms. The highest BCUT2D eigenvalue weighted by Crippen LogP contribution is 2.16. The molecule has 0 saturated carbocycles. The number of nitrogens with one attached hydrogen (secondary N) is 1. The van der Waals surface area contributed by atoms with E-state index in [1.54, 1.807) is 6.07 Å². The molecule has 2 aromatic rings. The second-order valence-corrected chi connectivity index (χ2v) is 7.55. The minimum atomic E-state index is 0.470. The van der Waals surface area contributed by atoms with Crippen molar-refractivity contribution in [1.82, 2.24) is 15.1 Å². The second kappa shape index (κ2) is 11.6. The predicted molar refractivity (Wildman–Crippen MR) is 117 cm³/mol. The highest BCUT2D eigenvalue weighted by molar-refractivity contribution is 5.33. The van der Waals surface area contributed by atoms with Crippen molar-refractivity contribution in [2.24, 2.45) is 0 Å². The van der Waals surface area contributed by atoms with E-state index in [4.69, 9.17) is 10.00 Å². The molecule has 29 heavy (non-hydrogen) atoms. The van der Waals surface area contributed by atoms with Gasteiger partial charge in [-0.1, -0.05) is 31.2 Å². The van der Waals surface area contributed by atoms with Crippen molar-refractivity contribution in [3.63, 3.8) is 0 Å². The first-order chi connectivity index (χ1) is 14.3. The van der Waals surface area contributed by atoms with E-state index in [-0.39, 0.29) is 0 Å². The zero-order chi connectivity index (χ0) is 20.3. The zero-order valence-electron chi connectivity index (χ0n) is 17.4. The minimum Gasteiger partial charge on any atom is -0.489 e. The Morgan fingerprint density at radius 2 is 1.76 bits per heavy atom. The van der Waals surface area contributed by atoms with Crippen molar-refractivity contribution in [3.05, 3.63) is 65.2 Å². The molecule has 154 valence electrons. The van der Waals surface area contributed by atoms with E-state index >= 15 is 0 Å². The number of benzene rings is 2. The van der Waals surface area contributed by atoms with Gasteiger partial charge >= 0.3 is 0 Å². The summed E-state index contributed by atoms with van der Waals surface area (Å²) in [7, 11) is 0. The number of likely N-dealkylation sites (N-methyl/N-ethyl adjacent to an activating group) is 1. The van der Waals surface area contributed by atoms with Gasteiger partial charge in [-0.3, -0.25) is 0 Å². The van der Waals surface area contributed by atoms with Gasteiger partial charge in [0.2, 0.25) is 0 Å². The summed E-state index contributed by atoms with van der Waals surface area (Å²) in [5.41, 5.74) is 2.90. The number of hydrogen-bond donors (Lipinski definition) is 1. The number of rotatable bonds is 10. The van der Waals surface area contributed by atoms with E-state index < -0.39 is 0 Å². The average Bonchev–Trinajstić information content (AvgIpc) is 2.78. The van der Waals surface area contributed by atoms with E-state index in [0.717, 1.165) is 24.4 Å². The van der Waals surface area contributed by atoms with Gasteiger partial charge in [0.1, 0.15) is 12.4 Å². The third kappa shape index (κ3) is 7.17. The Labute approximate surface area is 174 Å². The lowest BCUT2D eigenvalue weighted by Crippen LogP contribution is -2.46. The third-order valence-corrected chi connectivity index (χ3v) is 5.43. The summed E-state index contributed by atoms with van der Waals surface area (Å²) < 4.78 is 5.91. The molecule has 5 nitrogen and oxygen atoms in total. The maximum absolute atomic E-state index is 9.00. The summed E-state index contributed by atoms with van der Waals surface area (Å²) in [5.74, 6) is 0.862. The number of nitriles is 1. The van der Waals surface area contributed by atoms with Crippen LogP contribution < -0.4 is 10.1 Å². The van der Waals surface area contributed by atoms with E-state index in [0.29, 0.717) is 12.2 Å². The number of hydrogen-bond acceptors (Lipinski definition) is 5. The van der Waals surface area contributed by atoms with Crippen LogP contribution >= 0.6 is 0 Å². The fourth-order valence-corrected chi connectivity index (χ4v) is 3.63. The fraction of sp³-hybridized carbons (Fsp3) is 0.458. The van der Waals surface area contributed by atoms with Crippen molar-refractivity contribution >= 4 is 0 Å². The summed E-state index contributed by atoms with van der Waals surface area (Å²) in [5, 5.41) is 12.5. The normalized spacial score (nSPS) is 15.2. The van der Waals surface area contributed by atoms with Crippen molar-refractivity contribution < 1.29 is 4.74 Å². The third-order valence-electron chi connectivity index (χ3n) is 5.43. The molecule has 0 atom stereocenters. The van der Waals surface area contributed by atoms with Crippen LogP contribution in [0.15, 0.2) is 48.5 Å². The summed E-state index contributed by atoms with van der Waals surface area (Å²) in [6.45, 7) is 11.7. The van der Waals surface area contributed by atoms with E-state index in [1.165, 1.54) is 51.3 Å². The van der Waals surface area contributed by atoms with Crippen LogP contribution in [0.1, 0.15) is 30.0 Å². The number of nitrogens with zero attached hydrogens (tertiary/aromatic N) is 3. The summed E-state index contributed by atoms with van der Waals surface area (Å²) in [6, 6.07) is 17.9. The van der Waals surface area contributed by atoms with Gasteiger partial charge in [0.15, 0.2) is 0 Å². The zero-order valence-corrected chi connectivity index (χ0v) is 17.4. The van der Waals surface area contributed by atoms with Crippen molar-refractivity contribution in [2.45, 2.75) is 26.5 Å². The second-order valence-electron chi connectivity index (χ2n) is 7.55. The monoisotopic (exact) mass is 392 g/mol. The Morgan fingerprint density at radius 1 is 1.00 bits per heavy atom. The van der Waals surface area contributed by atoms with Crippen LogP contribution in [0.4, 0.5) is 0 Å². The lowest BCUT2D eigenvalue weighted by atomic mass is 10.1. The highest BCUT2D eigenvalue weighted by Gasteiger charge is 2.14. The van der Waals surface area contributed by atoms with Gasteiger partial charge < -0.3 is 19.9 Å². The van der Waals surface area contributed by atoms with Crippen LogP contribution in [0.25, 0.3) is 0 Å². The summed E-state index contributed by atoms with van der Waals surface area (Å²) in [6.07, 6.45) is 1.18. The van der Waals surface area contributed by atoms with Crippen LogP contribution in [0, 0.1) is 11.3 Å². The van der Waals surface area contributed by atoms with Crippen molar-refractivity contribution in [3.8, 4) is 11.8 Å². The Kier molecular flexibility index (Phi) is 8.51. The summed E-state index contributed by atoms with van der Waals surface area (Å²) in [4.78, 5) is 5.09. The SMILES string of the molecule is CCN1CCN(CCCNCc2cccc(OCc3cccc(C#N)c3)c2)CC1. The quantitative estimate of drug-likeness (QED) is 0.629. The lowest BCUT2D eigenvalue weighted by molar-refractivity contribution is 0.136. The fourth-order valence-electron chi connectivity index (χ4n) is 3.63. The minimum absolute atomic E-state index is 0.470. The predicted octanol–water partition coefficient (Wildman–Crippen LogP) is 3.25. The number of piperazine rings is 1. The molecule has 1 heterocycles. The van der Waals surface area contributed by atoms with Gasteiger partial charge in [0, 0.05) is 32.7 Å². The molecule has 0 amide bonds. The van der Waals surface area contributed by atoms with Crippen LogP contribution in [0.2, 0.25) is 0 Å². The molecule has 1 N–H and O–H groups in total. The Morgan fingerprint density at radius 3 is 2.55 bits per heavy atom. The molecule has 0 unspecified atom stereocenters. The van der Waals surface area contributed by atoms with Crippen LogP contribution in [0.5, 0.6) is 5.75 Å². The van der Waals surface area contributed by atoms with Gasteiger partial charge in [-0.15, -0.1) is 0 Å². The Hall–Kier alpha value is -2.39. The molecule has 0 bridgehead atoms. The standard InChI is InChI=1S/C24H32N4O/c1-2-27-12-14-28(15-13-27)11-5-10-26-19-22-7-4-9-24(17-22)29-20-23-8-3-6-21(16-23)18-25/h3-4,6-9,16-17,26H,2,5,10-15,19-20H2,1H3. The van der Waals surface area contributed by atoms with Crippen molar-refractivity contribution in [1.29, 1.82) is 5.26 Å². The first kappa shape index (κ1) is 21.3.